The van der Waals surface area contributed by atoms with Crippen LogP contribution in [0.15, 0.2) is 26.3 Å². The molecule has 11 heavy (non-hydrogen) atoms. The number of rotatable bonds is 4. The van der Waals surface area contributed by atoms with Gasteiger partial charge in [-0.05, 0) is 0 Å². The Morgan fingerprint density at radius 1 is 0.818 bits per heavy atom. The second kappa shape index (κ2) is 34.4. The molecule has 0 unspecified atom stereocenters. The third-order valence-corrected chi connectivity index (χ3v) is 0.577. The molecule has 0 aromatic heterocycles. The zero-order valence-electron chi connectivity index (χ0n) is 7.05. The molecule has 0 fully saturated rings. The van der Waals surface area contributed by atoms with Gasteiger partial charge in [0.2, 0.25) is 0 Å². The molecule has 3 N–H and O–H groups in total. The maximum Gasteiger partial charge on any atom is 0.0555 e. The first-order valence-corrected chi connectivity index (χ1v) is 3.34. The van der Waals surface area contributed by atoms with Crippen LogP contribution in [-0.2, 0) is 0 Å². The van der Waals surface area contributed by atoms with Crippen LogP contribution in [0.5, 0.6) is 0 Å². The molecule has 0 bridgehead atoms. The summed E-state index contributed by atoms with van der Waals surface area (Å²) in [7, 11) is 0. The van der Waals surface area contributed by atoms with Crippen LogP contribution >= 0.6 is 0 Å². The van der Waals surface area contributed by atoms with Crippen molar-refractivity contribution in [1.82, 2.24) is 5.32 Å². The minimum absolute atomic E-state index is 0.139. The zero-order chi connectivity index (χ0) is 9.54. The van der Waals surface area contributed by atoms with Gasteiger partial charge in [-0.1, -0.05) is 0 Å². The molecule has 0 radical (unpaired) electrons. The minimum Gasteiger partial charge on any atom is -0.395 e. The summed E-state index contributed by atoms with van der Waals surface area (Å²) in [4.78, 5) is 0. The topological polar surface area (TPSA) is 52.5 Å². The third-order valence-electron chi connectivity index (χ3n) is 0.577. The van der Waals surface area contributed by atoms with Crippen molar-refractivity contribution in [2.75, 3.05) is 26.3 Å². The van der Waals surface area contributed by atoms with Crippen molar-refractivity contribution in [2.45, 2.75) is 0 Å². The van der Waals surface area contributed by atoms with Crippen LogP contribution in [-0.4, -0.2) is 36.5 Å². The summed E-state index contributed by atoms with van der Waals surface area (Å²) in [6.07, 6.45) is 0. The number of aliphatic hydroxyl groups is 2. The molecule has 0 saturated heterocycles. The van der Waals surface area contributed by atoms with Gasteiger partial charge >= 0.3 is 0 Å². The van der Waals surface area contributed by atoms with Crippen molar-refractivity contribution in [3.8, 4) is 0 Å². The summed E-state index contributed by atoms with van der Waals surface area (Å²) in [6, 6.07) is 0. The first kappa shape index (κ1) is 16.8. The molecule has 0 spiro atoms. The lowest BCUT2D eigenvalue weighted by Gasteiger charge is -1.94. The van der Waals surface area contributed by atoms with Crippen LogP contribution < -0.4 is 5.32 Å². The van der Waals surface area contributed by atoms with E-state index in [0.29, 0.717) is 13.1 Å². The summed E-state index contributed by atoms with van der Waals surface area (Å²) in [5.74, 6) is 0. The van der Waals surface area contributed by atoms with Crippen LogP contribution in [0.3, 0.4) is 0 Å². The quantitative estimate of drug-likeness (QED) is 0.407. The first-order valence-electron chi connectivity index (χ1n) is 3.34. The monoisotopic (exact) mass is 161 g/mol. The summed E-state index contributed by atoms with van der Waals surface area (Å²) in [5, 5.41) is 19.1. The average molecular weight is 161 g/mol. The Morgan fingerprint density at radius 2 is 1.09 bits per heavy atom. The molecule has 0 heterocycles. The first-order chi connectivity index (χ1) is 5.41. The predicted molar refractivity (Wildman–Crippen MR) is 49.5 cm³/mol. The van der Waals surface area contributed by atoms with Gasteiger partial charge in [0, 0.05) is 13.1 Å². The maximum atomic E-state index is 8.15. The Balaban J connectivity index is -0.000000138. The summed E-state index contributed by atoms with van der Waals surface area (Å²) < 4.78 is 0. The van der Waals surface area contributed by atoms with E-state index >= 15 is 0 Å². The highest BCUT2D eigenvalue weighted by atomic mass is 16.3. The van der Waals surface area contributed by atoms with Gasteiger partial charge in [0.05, 0.1) is 13.2 Å². The fraction of sp³-hybridized carbons (Fsp3) is 0.500. The molecule has 3 nitrogen and oxygen atoms in total. The van der Waals surface area contributed by atoms with E-state index in [1.54, 1.807) is 0 Å². The maximum absolute atomic E-state index is 8.15. The zero-order valence-corrected chi connectivity index (χ0v) is 7.05. The van der Waals surface area contributed by atoms with Crippen LogP contribution in [0.2, 0.25) is 0 Å². The van der Waals surface area contributed by atoms with Gasteiger partial charge in [0.15, 0.2) is 0 Å². The smallest absolute Gasteiger partial charge is 0.0555 e. The SMILES string of the molecule is C=C.C=C.OCCNCCO. The molecule has 0 aromatic rings. The van der Waals surface area contributed by atoms with Gasteiger partial charge in [0.1, 0.15) is 0 Å². The largest absolute Gasteiger partial charge is 0.395 e. The van der Waals surface area contributed by atoms with Crippen molar-refractivity contribution < 1.29 is 10.2 Å². The normalized spacial score (nSPS) is 6.73. The molecule has 0 aliphatic rings. The van der Waals surface area contributed by atoms with Gasteiger partial charge in [-0.3, -0.25) is 0 Å². The molecule has 68 valence electrons. The molecule has 0 aromatic carbocycles. The van der Waals surface area contributed by atoms with Crippen LogP contribution in [0.25, 0.3) is 0 Å². The minimum atomic E-state index is 0.139. The van der Waals surface area contributed by atoms with E-state index < -0.39 is 0 Å². The van der Waals surface area contributed by atoms with Crippen molar-refractivity contribution in [2.24, 2.45) is 0 Å². The van der Waals surface area contributed by atoms with Crippen molar-refractivity contribution in [3.63, 3.8) is 0 Å². The highest BCUT2D eigenvalue weighted by molar-refractivity contribution is 4.39. The Hall–Kier alpha value is -0.640. The van der Waals surface area contributed by atoms with E-state index in [-0.39, 0.29) is 13.2 Å². The van der Waals surface area contributed by atoms with Crippen LogP contribution in [0, 0.1) is 0 Å². The molecule has 0 aliphatic heterocycles. The van der Waals surface area contributed by atoms with E-state index in [1.807, 2.05) is 0 Å². The second-order valence-corrected chi connectivity index (χ2v) is 1.20. The van der Waals surface area contributed by atoms with E-state index in [9.17, 15) is 0 Å². The van der Waals surface area contributed by atoms with Crippen molar-refractivity contribution >= 4 is 0 Å². The predicted octanol–water partition coefficient (Wildman–Crippen LogP) is 0.165. The number of aliphatic hydroxyl groups excluding tert-OH is 2. The van der Waals surface area contributed by atoms with E-state index in [2.05, 4.69) is 31.6 Å². The third kappa shape index (κ3) is 44.9. The Morgan fingerprint density at radius 3 is 1.27 bits per heavy atom. The highest BCUT2D eigenvalue weighted by Gasteiger charge is 1.78. The second-order valence-electron chi connectivity index (χ2n) is 1.20. The number of hydrogen-bond acceptors (Lipinski definition) is 3. The highest BCUT2D eigenvalue weighted by Crippen LogP contribution is 1.54. The molecular weight excluding hydrogens is 142 g/mol. The van der Waals surface area contributed by atoms with E-state index in [1.165, 1.54) is 0 Å². The fourth-order valence-corrected chi connectivity index (χ4v) is 0.283. The Kier molecular flexibility index (Phi) is 52.4. The van der Waals surface area contributed by atoms with Crippen LogP contribution in [0.1, 0.15) is 0 Å². The average Bonchev–Trinajstić information content (AvgIpc) is 2.13. The molecule has 0 saturated carbocycles. The number of nitrogens with one attached hydrogen (secondary N) is 1. The van der Waals surface area contributed by atoms with Gasteiger partial charge in [-0.15, -0.1) is 26.3 Å². The Bertz CT molecular complexity index is 45.4. The fourth-order valence-electron chi connectivity index (χ4n) is 0.283. The molecule has 0 rings (SSSR count). The summed E-state index contributed by atoms with van der Waals surface area (Å²) in [6.45, 7) is 13.4. The van der Waals surface area contributed by atoms with Gasteiger partial charge < -0.3 is 15.5 Å². The lowest BCUT2D eigenvalue weighted by molar-refractivity contribution is 0.267. The molecular formula is C8H19NO2. The summed E-state index contributed by atoms with van der Waals surface area (Å²) >= 11 is 0. The number of hydrogen-bond donors (Lipinski definition) is 3. The standard InChI is InChI=1S/C4H11NO2.2C2H4/c6-3-1-5-2-4-7;2*1-2/h5-7H,1-4H2;2*1-2H2. The van der Waals surface area contributed by atoms with E-state index in [0.717, 1.165) is 0 Å². The molecule has 3 heteroatoms. The van der Waals surface area contributed by atoms with Crippen LogP contribution in [0.4, 0.5) is 0 Å². The summed E-state index contributed by atoms with van der Waals surface area (Å²) in [5.41, 5.74) is 0. The van der Waals surface area contributed by atoms with Gasteiger partial charge in [-0.25, -0.2) is 0 Å². The van der Waals surface area contributed by atoms with Crippen molar-refractivity contribution in [3.05, 3.63) is 26.3 Å². The molecule has 0 amide bonds. The van der Waals surface area contributed by atoms with Crippen molar-refractivity contribution in [1.29, 1.82) is 0 Å². The Labute approximate surface area is 69.1 Å². The van der Waals surface area contributed by atoms with Gasteiger partial charge in [0.25, 0.3) is 0 Å². The lowest BCUT2D eigenvalue weighted by Crippen LogP contribution is -2.21. The van der Waals surface area contributed by atoms with Gasteiger partial charge in [-0.2, -0.15) is 0 Å². The molecule has 0 atom stereocenters. The van der Waals surface area contributed by atoms with E-state index in [4.69, 9.17) is 10.2 Å². The lowest BCUT2D eigenvalue weighted by atomic mass is 10.6. The molecule has 0 aliphatic carbocycles.